The predicted octanol–water partition coefficient (Wildman–Crippen LogP) is 2.49. The van der Waals surface area contributed by atoms with E-state index in [0.717, 1.165) is 35.1 Å². The first-order valence-electron chi connectivity index (χ1n) is 6.62. The fourth-order valence-electron chi connectivity index (χ4n) is 2.39. The highest BCUT2D eigenvalue weighted by molar-refractivity contribution is 5.73. The Kier molecular flexibility index (Phi) is 3.16. The van der Waals surface area contributed by atoms with Gasteiger partial charge in [0.2, 0.25) is 0 Å². The van der Waals surface area contributed by atoms with Gasteiger partial charge in [0.15, 0.2) is 0 Å². The van der Waals surface area contributed by atoms with Gasteiger partial charge in [0.1, 0.15) is 17.3 Å². The molecule has 0 aromatic carbocycles. The lowest BCUT2D eigenvalue weighted by Gasteiger charge is -2.17. The number of nitrogens with two attached hydrogens (primary N) is 1. The zero-order valence-electron chi connectivity index (χ0n) is 12.7. The van der Waals surface area contributed by atoms with Crippen LogP contribution in [-0.4, -0.2) is 19.3 Å². The summed E-state index contributed by atoms with van der Waals surface area (Å²) in [7, 11) is 1.93. The van der Waals surface area contributed by atoms with Crippen molar-refractivity contribution in [3.8, 4) is 11.3 Å². The normalized spacial score (nSPS) is 12.1. The molecule has 0 bridgehead atoms. The van der Waals surface area contributed by atoms with E-state index < -0.39 is 0 Å². The van der Waals surface area contributed by atoms with Gasteiger partial charge in [0.05, 0.1) is 5.69 Å². The molecular formula is C14H23N5. The Labute approximate surface area is 114 Å². The van der Waals surface area contributed by atoms with Crippen LogP contribution in [-0.2, 0) is 19.0 Å². The molecule has 104 valence electrons. The SMILES string of the molecule is CCn1c(C)nc(-c2cn(C)nc2C(C)(C)C)c1N. The topological polar surface area (TPSA) is 61.7 Å². The summed E-state index contributed by atoms with van der Waals surface area (Å²) in [5, 5.41) is 4.58. The third-order valence-electron chi connectivity index (χ3n) is 3.31. The summed E-state index contributed by atoms with van der Waals surface area (Å²) >= 11 is 0. The Hall–Kier alpha value is -1.78. The highest BCUT2D eigenvalue weighted by Gasteiger charge is 2.26. The van der Waals surface area contributed by atoms with E-state index >= 15 is 0 Å². The van der Waals surface area contributed by atoms with Gasteiger partial charge in [0, 0.05) is 30.8 Å². The summed E-state index contributed by atoms with van der Waals surface area (Å²) in [4.78, 5) is 4.62. The smallest absolute Gasteiger partial charge is 0.131 e. The van der Waals surface area contributed by atoms with Gasteiger partial charge in [-0.2, -0.15) is 5.10 Å². The van der Waals surface area contributed by atoms with Crippen molar-refractivity contribution in [3.63, 3.8) is 0 Å². The summed E-state index contributed by atoms with van der Waals surface area (Å²) in [6, 6.07) is 0. The van der Waals surface area contributed by atoms with Gasteiger partial charge in [-0.25, -0.2) is 4.98 Å². The summed E-state index contributed by atoms with van der Waals surface area (Å²) in [5.74, 6) is 1.66. The van der Waals surface area contributed by atoms with Crippen LogP contribution in [0.3, 0.4) is 0 Å². The standard InChI is InChI=1S/C14H23N5/c1-7-19-9(2)16-11(13(19)15)10-8-18(6)17-12(10)14(3,4)5/h8H,7,15H2,1-6H3. The van der Waals surface area contributed by atoms with E-state index in [2.05, 4.69) is 37.8 Å². The van der Waals surface area contributed by atoms with Crippen molar-refractivity contribution in [2.75, 3.05) is 5.73 Å². The van der Waals surface area contributed by atoms with E-state index in [1.807, 2.05) is 29.4 Å². The molecule has 2 N–H and O–H groups in total. The number of nitrogens with zero attached hydrogens (tertiary/aromatic N) is 4. The second kappa shape index (κ2) is 4.40. The maximum absolute atomic E-state index is 6.23. The molecule has 2 aromatic heterocycles. The molecule has 2 heterocycles. The summed E-state index contributed by atoms with van der Waals surface area (Å²) < 4.78 is 3.85. The van der Waals surface area contributed by atoms with E-state index in [9.17, 15) is 0 Å². The molecular weight excluding hydrogens is 238 g/mol. The van der Waals surface area contributed by atoms with Crippen LogP contribution in [0.2, 0.25) is 0 Å². The van der Waals surface area contributed by atoms with Crippen molar-refractivity contribution in [3.05, 3.63) is 17.7 Å². The second-order valence-corrected chi connectivity index (χ2v) is 5.95. The average Bonchev–Trinajstić information content (AvgIpc) is 2.79. The Balaban J connectivity index is 2.66. The summed E-state index contributed by atoms with van der Waals surface area (Å²) in [6.07, 6.45) is 2.00. The van der Waals surface area contributed by atoms with Crippen LogP contribution in [0, 0.1) is 6.92 Å². The van der Waals surface area contributed by atoms with Gasteiger partial charge in [-0.1, -0.05) is 20.8 Å². The van der Waals surface area contributed by atoms with E-state index in [-0.39, 0.29) is 5.41 Å². The molecule has 0 fully saturated rings. The van der Waals surface area contributed by atoms with Crippen LogP contribution in [0.4, 0.5) is 5.82 Å². The minimum absolute atomic E-state index is 0.0348. The molecule has 0 saturated heterocycles. The van der Waals surface area contributed by atoms with E-state index in [4.69, 9.17) is 5.73 Å². The van der Waals surface area contributed by atoms with E-state index in [1.54, 1.807) is 0 Å². The third-order valence-corrected chi connectivity index (χ3v) is 3.31. The molecule has 0 radical (unpaired) electrons. The van der Waals surface area contributed by atoms with Gasteiger partial charge < -0.3 is 10.3 Å². The minimum Gasteiger partial charge on any atom is -0.383 e. The Morgan fingerprint density at radius 1 is 1.32 bits per heavy atom. The quantitative estimate of drug-likeness (QED) is 0.903. The van der Waals surface area contributed by atoms with Gasteiger partial charge >= 0.3 is 0 Å². The summed E-state index contributed by atoms with van der Waals surface area (Å²) in [5.41, 5.74) is 9.10. The van der Waals surface area contributed by atoms with Crippen LogP contribution in [0.1, 0.15) is 39.2 Å². The first-order chi connectivity index (χ1) is 8.75. The number of nitrogen functional groups attached to an aromatic ring is 1. The molecule has 0 spiro atoms. The molecule has 19 heavy (non-hydrogen) atoms. The van der Waals surface area contributed by atoms with Crippen LogP contribution < -0.4 is 5.73 Å². The Morgan fingerprint density at radius 3 is 2.42 bits per heavy atom. The molecule has 5 nitrogen and oxygen atoms in total. The predicted molar refractivity (Wildman–Crippen MR) is 78.0 cm³/mol. The minimum atomic E-state index is -0.0348. The first kappa shape index (κ1) is 13.6. The van der Waals surface area contributed by atoms with Gasteiger partial charge in [-0.15, -0.1) is 0 Å². The molecule has 0 saturated carbocycles. The van der Waals surface area contributed by atoms with Crippen LogP contribution in [0.5, 0.6) is 0 Å². The molecule has 0 aliphatic rings. The number of aromatic nitrogens is 4. The number of imidazole rings is 1. The van der Waals surface area contributed by atoms with Crippen molar-refractivity contribution in [1.29, 1.82) is 0 Å². The molecule has 2 rings (SSSR count). The number of hydrogen-bond donors (Lipinski definition) is 1. The Morgan fingerprint density at radius 2 is 1.95 bits per heavy atom. The van der Waals surface area contributed by atoms with Crippen molar-refractivity contribution in [2.24, 2.45) is 7.05 Å². The van der Waals surface area contributed by atoms with Crippen molar-refractivity contribution in [2.45, 2.75) is 46.6 Å². The molecule has 0 unspecified atom stereocenters. The molecule has 0 aliphatic carbocycles. The molecule has 0 atom stereocenters. The number of hydrogen-bond acceptors (Lipinski definition) is 3. The molecule has 0 amide bonds. The maximum Gasteiger partial charge on any atom is 0.131 e. The van der Waals surface area contributed by atoms with E-state index in [0.29, 0.717) is 0 Å². The van der Waals surface area contributed by atoms with Gasteiger partial charge in [-0.05, 0) is 13.8 Å². The zero-order chi connectivity index (χ0) is 14.4. The van der Waals surface area contributed by atoms with Crippen molar-refractivity contribution in [1.82, 2.24) is 19.3 Å². The van der Waals surface area contributed by atoms with Gasteiger partial charge in [-0.3, -0.25) is 4.68 Å². The number of rotatable bonds is 2. The second-order valence-electron chi connectivity index (χ2n) is 5.95. The van der Waals surface area contributed by atoms with E-state index in [1.165, 1.54) is 0 Å². The highest BCUT2D eigenvalue weighted by Crippen LogP contribution is 2.34. The fourth-order valence-corrected chi connectivity index (χ4v) is 2.39. The van der Waals surface area contributed by atoms with Gasteiger partial charge in [0.25, 0.3) is 0 Å². The Bertz CT molecular complexity index is 598. The number of anilines is 1. The maximum atomic E-state index is 6.23. The molecule has 2 aromatic rings. The lowest BCUT2D eigenvalue weighted by Crippen LogP contribution is -2.14. The first-order valence-corrected chi connectivity index (χ1v) is 6.62. The molecule has 5 heteroatoms. The monoisotopic (exact) mass is 261 g/mol. The van der Waals surface area contributed by atoms with Crippen molar-refractivity contribution < 1.29 is 0 Å². The summed E-state index contributed by atoms with van der Waals surface area (Å²) in [6.45, 7) is 11.3. The molecule has 0 aliphatic heterocycles. The number of aryl methyl sites for hydroxylation is 2. The highest BCUT2D eigenvalue weighted by atomic mass is 15.3. The zero-order valence-corrected chi connectivity index (χ0v) is 12.7. The largest absolute Gasteiger partial charge is 0.383 e. The third kappa shape index (κ3) is 2.25. The fraction of sp³-hybridized carbons (Fsp3) is 0.571. The van der Waals surface area contributed by atoms with Crippen molar-refractivity contribution >= 4 is 5.82 Å². The lowest BCUT2D eigenvalue weighted by atomic mass is 9.89. The van der Waals surface area contributed by atoms with Crippen LogP contribution in [0.15, 0.2) is 6.20 Å². The van der Waals surface area contributed by atoms with Crippen LogP contribution in [0.25, 0.3) is 11.3 Å². The lowest BCUT2D eigenvalue weighted by molar-refractivity contribution is 0.554. The average molecular weight is 261 g/mol. The van der Waals surface area contributed by atoms with Crippen LogP contribution >= 0.6 is 0 Å².